The highest BCUT2D eigenvalue weighted by Gasteiger charge is 2.49. The monoisotopic (exact) mass is 495 g/mol. The third kappa shape index (κ3) is 4.33. The van der Waals surface area contributed by atoms with Crippen molar-refractivity contribution >= 4 is 17.4 Å². The molecule has 8 nitrogen and oxygen atoms in total. The smallest absolute Gasteiger partial charge is 0.257 e. The molecule has 0 saturated carbocycles. The Morgan fingerprint density at radius 3 is 2.58 bits per heavy atom. The molecule has 0 bridgehead atoms. The Hall–Kier alpha value is -3.76. The fourth-order valence-corrected chi connectivity index (χ4v) is 5.23. The molecule has 2 aromatic rings. The Balaban J connectivity index is 1.43. The number of nitrogens with two attached hydrogens (primary N) is 1. The van der Waals surface area contributed by atoms with Crippen LogP contribution >= 0.6 is 0 Å². The number of carbonyl (C=O) groups is 2. The number of rotatable bonds is 5. The summed E-state index contributed by atoms with van der Waals surface area (Å²) < 4.78 is 33.4. The van der Waals surface area contributed by atoms with Crippen LogP contribution in [-0.2, 0) is 9.59 Å². The summed E-state index contributed by atoms with van der Waals surface area (Å²) in [4.78, 5) is 28.9. The van der Waals surface area contributed by atoms with Gasteiger partial charge in [-0.15, -0.1) is 0 Å². The summed E-state index contributed by atoms with van der Waals surface area (Å²) in [6.07, 6.45) is 4.35. The third-order valence-electron chi connectivity index (χ3n) is 6.96. The molecule has 3 aliphatic heterocycles. The van der Waals surface area contributed by atoms with Gasteiger partial charge in [-0.1, -0.05) is 24.8 Å². The van der Waals surface area contributed by atoms with Gasteiger partial charge in [-0.05, 0) is 54.3 Å². The van der Waals surface area contributed by atoms with E-state index in [9.17, 15) is 18.4 Å². The van der Waals surface area contributed by atoms with Crippen LogP contribution in [0.3, 0.4) is 0 Å². The molecule has 0 aromatic heterocycles. The molecule has 36 heavy (non-hydrogen) atoms. The number of carbonyl (C=O) groups excluding carboxylic acids is 2. The number of hydrogen-bond acceptors (Lipinski definition) is 6. The van der Waals surface area contributed by atoms with E-state index in [2.05, 4.69) is 17.4 Å². The van der Waals surface area contributed by atoms with Crippen LogP contribution in [0.15, 0.2) is 61.3 Å². The minimum Gasteiger partial charge on any atom is -0.451 e. The number of amides is 2. The molecule has 0 spiro atoms. The maximum Gasteiger partial charge on any atom is 0.257 e. The van der Waals surface area contributed by atoms with Crippen molar-refractivity contribution in [3.63, 3.8) is 0 Å². The van der Waals surface area contributed by atoms with Crippen molar-refractivity contribution in [2.24, 2.45) is 11.7 Å². The van der Waals surface area contributed by atoms with Gasteiger partial charge >= 0.3 is 0 Å². The zero-order valence-corrected chi connectivity index (χ0v) is 19.5. The average Bonchev–Trinajstić information content (AvgIpc) is 3.31. The van der Waals surface area contributed by atoms with Gasteiger partial charge in [0.25, 0.3) is 5.91 Å². The van der Waals surface area contributed by atoms with E-state index >= 15 is 0 Å². The molecule has 2 aromatic carbocycles. The third-order valence-corrected chi connectivity index (χ3v) is 6.96. The van der Waals surface area contributed by atoms with Crippen LogP contribution in [0.2, 0.25) is 0 Å². The Morgan fingerprint density at radius 2 is 1.89 bits per heavy atom. The summed E-state index contributed by atoms with van der Waals surface area (Å²) in [5.74, 6) is -2.47. The Labute approximate surface area is 207 Å². The molecular weight excluding hydrogens is 468 g/mol. The van der Waals surface area contributed by atoms with Crippen molar-refractivity contribution in [2.75, 3.05) is 13.1 Å². The van der Waals surface area contributed by atoms with Crippen LogP contribution in [0.25, 0.3) is 5.57 Å². The lowest BCUT2D eigenvalue weighted by Gasteiger charge is -2.43. The van der Waals surface area contributed by atoms with E-state index in [-0.39, 0.29) is 29.5 Å². The van der Waals surface area contributed by atoms with E-state index in [0.29, 0.717) is 13.1 Å². The second kappa shape index (κ2) is 9.71. The second-order valence-electron chi connectivity index (χ2n) is 9.12. The first-order chi connectivity index (χ1) is 17.4. The number of hydrogen-bond donors (Lipinski definition) is 3. The first kappa shape index (κ1) is 24.0. The number of nitrogens with zero attached hydrogens (tertiary/aromatic N) is 2. The van der Waals surface area contributed by atoms with Gasteiger partial charge in [-0.2, -0.15) is 0 Å². The standard InChI is InChI=1S/C26H27F2N5O3/c1-2-21(34)32-12-4-5-16(13-32)33-14-18(22-23(33)26(35)31-30-25(22)29)15-8-10-17(11-9-15)36-24-19(27)6-3-7-20(24)28/h2-3,6-11,14,16,22-23,25,30H,1,4-5,12-13,29H2,(H,31,35)/t16-,22?,23?,25?/m0/s1. The number of hydrazine groups is 1. The molecule has 188 valence electrons. The van der Waals surface area contributed by atoms with E-state index in [4.69, 9.17) is 10.5 Å². The molecular formula is C26H27F2N5O3. The number of para-hydroxylation sites is 1. The highest BCUT2D eigenvalue weighted by molar-refractivity contribution is 5.89. The van der Waals surface area contributed by atoms with E-state index in [1.807, 2.05) is 11.1 Å². The topological polar surface area (TPSA) is 99.9 Å². The first-order valence-corrected chi connectivity index (χ1v) is 11.8. The number of benzene rings is 2. The van der Waals surface area contributed by atoms with E-state index in [1.165, 1.54) is 12.1 Å². The molecule has 5 rings (SSSR count). The minimum absolute atomic E-state index is 0.0599. The fourth-order valence-electron chi connectivity index (χ4n) is 5.23. The molecule has 2 saturated heterocycles. The van der Waals surface area contributed by atoms with Crippen molar-refractivity contribution in [3.8, 4) is 11.5 Å². The van der Waals surface area contributed by atoms with Crippen molar-refractivity contribution in [3.05, 3.63) is 78.5 Å². The molecule has 4 atom stereocenters. The van der Waals surface area contributed by atoms with Crippen LogP contribution in [0.1, 0.15) is 18.4 Å². The highest BCUT2D eigenvalue weighted by atomic mass is 19.1. The van der Waals surface area contributed by atoms with Crippen molar-refractivity contribution in [2.45, 2.75) is 31.1 Å². The largest absolute Gasteiger partial charge is 0.451 e. The zero-order chi connectivity index (χ0) is 25.4. The molecule has 3 unspecified atom stereocenters. The lowest BCUT2D eigenvalue weighted by Crippen LogP contribution is -2.67. The number of likely N-dealkylation sites (tertiary alicyclic amines) is 1. The number of fused-ring (bicyclic) bond motifs is 1. The number of halogens is 2. The average molecular weight is 496 g/mol. The predicted molar refractivity (Wildman–Crippen MR) is 129 cm³/mol. The molecule has 3 heterocycles. The summed E-state index contributed by atoms with van der Waals surface area (Å²) in [5, 5.41) is 0. The summed E-state index contributed by atoms with van der Waals surface area (Å²) in [6.45, 7) is 4.71. The van der Waals surface area contributed by atoms with Crippen LogP contribution in [0.5, 0.6) is 11.5 Å². The van der Waals surface area contributed by atoms with Gasteiger partial charge in [0.2, 0.25) is 5.91 Å². The molecule has 10 heteroatoms. The van der Waals surface area contributed by atoms with Gasteiger partial charge in [0.1, 0.15) is 11.8 Å². The summed E-state index contributed by atoms with van der Waals surface area (Å²) in [5.41, 5.74) is 13.5. The quantitative estimate of drug-likeness (QED) is 0.552. The highest BCUT2D eigenvalue weighted by Crippen LogP contribution is 2.41. The Morgan fingerprint density at radius 1 is 1.17 bits per heavy atom. The molecule has 0 radical (unpaired) electrons. The van der Waals surface area contributed by atoms with Gasteiger partial charge in [-0.3, -0.25) is 15.0 Å². The maximum atomic E-state index is 14.0. The number of ether oxygens (including phenoxy) is 1. The first-order valence-electron chi connectivity index (χ1n) is 11.8. The van der Waals surface area contributed by atoms with E-state index in [1.54, 1.807) is 29.2 Å². The fraction of sp³-hybridized carbons (Fsp3) is 0.308. The lowest BCUT2D eigenvalue weighted by atomic mass is 9.86. The molecule has 4 N–H and O–H groups in total. The Kier molecular flexibility index (Phi) is 6.46. The summed E-state index contributed by atoms with van der Waals surface area (Å²) in [6, 6.07) is 9.71. The number of nitrogens with one attached hydrogen (secondary N) is 2. The molecule has 3 aliphatic rings. The second-order valence-corrected chi connectivity index (χ2v) is 9.12. The van der Waals surface area contributed by atoms with E-state index < -0.39 is 29.6 Å². The number of piperidine rings is 1. The normalized spacial score (nSPS) is 25.6. The van der Waals surface area contributed by atoms with Crippen LogP contribution in [0, 0.1) is 17.6 Å². The van der Waals surface area contributed by atoms with Gasteiger partial charge < -0.3 is 20.3 Å². The SMILES string of the molecule is C=CC(=O)N1CCC[C@H](N2C=C(c3ccc(Oc4c(F)cccc4F)cc3)C3C(N)NNC(=O)C32)C1. The van der Waals surface area contributed by atoms with Crippen LogP contribution < -0.4 is 21.3 Å². The van der Waals surface area contributed by atoms with Crippen molar-refractivity contribution in [1.29, 1.82) is 0 Å². The summed E-state index contributed by atoms with van der Waals surface area (Å²) in [7, 11) is 0. The van der Waals surface area contributed by atoms with Crippen molar-refractivity contribution in [1.82, 2.24) is 20.7 Å². The van der Waals surface area contributed by atoms with Gasteiger partial charge in [0.15, 0.2) is 17.4 Å². The maximum absolute atomic E-state index is 14.0. The van der Waals surface area contributed by atoms with Crippen LogP contribution in [0.4, 0.5) is 8.78 Å². The molecule has 2 fully saturated rings. The lowest BCUT2D eigenvalue weighted by molar-refractivity contribution is -0.132. The Bertz CT molecular complexity index is 1200. The van der Waals surface area contributed by atoms with Gasteiger partial charge in [0, 0.05) is 31.2 Å². The predicted octanol–water partition coefficient (Wildman–Crippen LogP) is 2.49. The zero-order valence-electron chi connectivity index (χ0n) is 19.5. The van der Waals surface area contributed by atoms with Gasteiger partial charge in [-0.25, -0.2) is 14.2 Å². The summed E-state index contributed by atoms with van der Waals surface area (Å²) >= 11 is 0. The van der Waals surface area contributed by atoms with Crippen LogP contribution in [-0.4, -0.2) is 53.0 Å². The molecule has 2 amide bonds. The van der Waals surface area contributed by atoms with Crippen molar-refractivity contribution < 1.29 is 23.1 Å². The minimum atomic E-state index is -0.794. The molecule has 0 aliphatic carbocycles. The van der Waals surface area contributed by atoms with Gasteiger partial charge in [0.05, 0.1) is 6.17 Å². The van der Waals surface area contributed by atoms with E-state index in [0.717, 1.165) is 36.1 Å².